The smallest absolute Gasteiger partial charge is 0.330 e. The number of primary sulfonamides is 1. The molecule has 9 nitrogen and oxygen atoms in total. The van der Waals surface area contributed by atoms with E-state index in [0.717, 1.165) is 0 Å². The quantitative estimate of drug-likeness (QED) is 0.661. The molecule has 146 valence electrons. The number of hydrogen-bond acceptors (Lipinski definition) is 7. The van der Waals surface area contributed by atoms with Gasteiger partial charge in [-0.15, -0.1) is 11.8 Å². The van der Waals surface area contributed by atoms with Crippen LogP contribution in [0.1, 0.15) is 19.8 Å². The van der Waals surface area contributed by atoms with Crippen LogP contribution in [-0.2, 0) is 29.1 Å². The summed E-state index contributed by atoms with van der Waals surface area (Å²) < 4.78 is 27.5. The van der Waals surface area contributed by atoms with Crippen LogP contribution in [0.5, 0.6) is 0 Å². The largest absolute Gasteiger partial charge is 0.454 e. The summed E-state index contributed by atoms with van der Waals surface area (Å²) in [5.41, 5.74) is 0.335. The Labute approximate surface area is 160 Å². The standard InChI is InChI=1S/C16H19N3O6S2/c1-16-7-6-14(21)19(16)12(9-26-16)15(22)25-8-13(20)18-10-2-4-11(5-3-10)27(17,23)24/h2-5,12H,6-9H2,1H3,(H,18,20)(H2,17,23,24)/t12-,16-/m0/s1. The Bertz CT molecular complexity index is 886. The number of amides is 2. The lowest BCUT2D eigenvalue weighted by molar-refractivity contribution is -0.155. The monoisotopic (exact) mass is 413 g/mol. The summed E-state index contributed by atoms with van der Waals surface area (Å²) in [5.74, 6) is -0.824. The van der Waals surface area contributed by atoms with Crippen molar-refractivity contribution >= 4 is 45.3 Å². The first-order valence-corrected chi connectivity index (χ1v) is 10.7. The second-order valence-corrected chi connectivity index (χ2v) is 9.55. The van der Waals surface area contributed by atoms with Gasteiger partial charge in [0.15, 0.2) is 6.61 Å². The summed E-state index contributed by atoms with van der Waals surface area (Å²) in [6, 6.07) is 4.58. The molecular weight excluding hydrogens is 394 g/mol. The third kappa shape index (κ3) is 4.09. The van der Waals surface area contributed by atoms with E-state index >= 15 is 0 Å². The number of benzene rings is 1. The molecule has 2 heterocycles. The molecule has 0 bridgehead atoms. The predicted octanol–water partition coefficient (Wildman–Crippen LogP) is 0.270. The number of fused-ring (bicyclic) bond motifs is 1. The van der Waals surface area contributed by atoms with E-state index in [0.29, 0.717) is 24.3 Å². The van der Waals surface area contributed by atoms with E-state index in [4.69, 9.17) is 9.88 Å². The van der Waals surface area contributed by atoms with Gasteiger partial charge in [-0.3, -0.25) is 9.59 Å². The van der Waals surface area contributed by atoms with Crippen LogP contribution in [0.15, 0.2) is 29.2 Å². The highest BCUT2D eigenvalue weighted by Gasteiger charge is 2.53. The van der Waals surface area contributed by atoms with Crippen molar-refractivity contribution in [1.82, 2.24) is 4.90 Å². The van der Waals surface area contributed by atoms with E-state index in [1.807, 2.05) is 6.92 Å². The van der Waals surface area contributed by atoms with Crippen molar-refractivity contribution in [2.75, 3.05) is 17.7 Å². The molecule has 0 saturated carbocycles. The first-order chi connectivity index (χ1) is 12.6. The number of carbonyl (C=O) groups excluding carboxylic acids is 3. The lowest BCUT2D eigenvalue weighted by atomic mass is 10.2. The molecular formula is C16H19N3O6S2. The molecule has 2 aliphatic heterocycles. The average molecular weight is 413 g/mol. The first kappa shape index (κ1) is 19.6. The van der Waals surface area contributed by atoms with Gasteiger partial charge in [0.25, 0.3) is 5.91 Å². The number of thioether (sulfide) groups is 1. The van der Waals surface area contributed by atoms with Crippen LogP contribution in [0.3, 0.4) is 0 Å². The molecule has 2 fully saturated rings. The molecule has 3 N–H and O–H groups in total. The minimum Gasteiger partial charge on any atom is -0.454 e. The third-order valence-electron chi connectivity index (χ3n) is 4.53. The van der Waals surface area contributed by atoms with Gasteiger partial charge in [-0.05, 0) is 37.6 Å². The number of carbonyl (C=O) groups is 3. The summed E-state index contributed by atoms with van der Waals surface area (Å²) >= 11 is 1.54. The van der Waals surface area contributed by atoms with Gasteiger partial charge in [0, 0.05) is 17.9 Å². The Morgan fingerprint density at radius 2 is 2.04 bits per heavy atom. The maximum atomic E-state index is 12.3. The molecule has 0 unspecified atom stereocenters. The fraction of sp³-hybridized carbons (Fsp3) is 0.438. The van der Waals surface area contributed by atoms with Gasteiger partial charge in [0.1, 0.15) is 6.04 Å². The van der Waals surface area contributed by atoms with E-state index in [9.17, 15) is 22.8 Å². The lowest BCUT2D eigenvalue weighted by Gasteiger charge is -2.29. The molecule has 2 aliphatic rings. The molecule has 0 aromatic heterocycles. The zero-order valence-electron chi connectivity index (χ0n) is 14.5. The molecule has 0 radical (unpaired) electrons. The minimum atomic E-state index is -3.81. The van der Waals surface area contributed by atoms with Crippen LogP contribution in [0.25, 0.3) is 0 Å². The van der Waals surface area contributed by atoms with E-state index in [-0.39, 0.29) is 15.7 Å². The lowest BCUT2D eigenvalue weighted by Crippen LogP contribution is -2.47. The van der Waals surface area contributed by atoms with E-state index in [1.165, 1.54) is 24.3 Å². The van der Waals surface area contributed by atoms with Crippen molar-refractivity contribution in [2.45, 2.75) is 35.6 Å². The predicted molar refractivity (Wildman–Crippen MR) is 98.1 cm³/mol. The summed E-state index contributed by atoms with van der Waals surface area (Å²) in [5, 5.41) is 7.49. The Hall–Kier alpha value is -2.11. The highest BCUT2D eigenvalue weighted by atomic mass is 32.2. The molecule has 2 amide bonds. The van der Waals surface area contributed by atoms with Crippen LogP contribution < -0.4 is 10.5 Å². The number of nitrogens with zero attached hydrogens (tertiary/aromatic N) is 1. The number of sulfonamides is 1. The SMILES string of the molecule is C[C@]12CCC(=O)N1[C@H](C(=O)OCC(=O)Nc1ccc(S(N)(=O)=O)cc1)CS2. The van der Waals surface area contributed by atoms with E-state index in [1.54, 1.807) is 16.7 Å². The van der Waals surface area contributed by atoms with Crippen LogP contribution in [-0.4, -0.2) is 54.4 Å². The van der Waals surface area contributed by atoms with E-state index in [2.05, 4.69) is 5.32 Å². The van der Waals surface area contributed by atoms with Gasteiger partial charge in [-0.25, -0.2) is 18.4 Å². The van der Waals surface area contributed by atoms with Crippen molar-refractivity contribution in [1.29, 1.82) is 0 Å². The molecule has 3 rings (SSSR count). The number of anilines is 1. The average Bonchev–Trinajstić information content (AvgIpc) is 3.09. The maximum absolute atomic E-state index is 12.3. The topological polar surface area (TPSA) is 136 Å². The zero-order chi connectivity index (χ0) is 19.8. The second kappa shape index (κ2) is 7.13. The number of hydrogen-bond donors (Lipinski definition) is 2. The fourth-order valence-electron chi connectivity index (χ4n) is 3.15. The first-order valence-electron chi connectivity index (χ1n) is 8.16. The van der Waals surface area contributed by atoms with Crippen molar-refractivity contribution in [2.24, 2.45) is 5.14 Å². The van der Waals surface area contributed by atoms with Crippen molar-refractivity contribution < 1.29 is 27.5 Å². The second-order valence-electron chi connectivity index (χ2n) is 6.49. The summed E-state index contributed by atoms with van der Waals surface area (Å²) in [4.78, 5) is 37.4. The summed E-state index contributed by atoms with van der Waals surface area (Å²) in [6.45, 7) is 1.42. The number of nitrogens with two attached hydrogens (primary N) is 1. The molecule has 1 aromatic carbocycles. The van der Waals surface area contributed by atoms with Gasteiger partial charge in [0.2, 0.25) is 15.9 Å². The van der Waals surface area contributed by atoms with E-state index < -0.39 is 34.5 Å². The number of rotatable bonds is 5. The van der Waals surface area contributed by atoms with Gasteiger partial charge in [-0.2, -0.15) is 0 Å². The summed E-state index contributed by atoms with van der Waals surface area (Å²) in [7, 11) is -3.81. The molecule has 2 atom stereocenters. The fourth-order valence-corrected chi connectivity index (χ4v) is 5.09. The molecule has 0 spiro atoms. The number of ether oxygens (including phenoxy) is 1. The minimum absolute atomic E-state index is 0.0796. The van der Waals surface area contributed by atoms with Gasteiger partial charge >= 0.3 is 5.97 Å². The molecule has 1 aromatic rings. The van der Waals surface area contributed by atoms with Gasteiger partial charge in [-0.1, -0.05) is 0 Å². The Balaban J connectivity index is 1.53. The Morgan fingerprint density at radius 3 is 2.67 bits per heavy atom. The summed E-state index contributed by atoms with van der Waals surface area (Å²) in [6.07, 6.45) is 1.09. The zero-order valence-corrected chi connectivity index (χ0v) is 16.1. The molecule has 11 heteroatoms. The maximum Gasteiger partial charge on any atom is 0.330 e. The van der Waals surface area contributed by atoms with Crippen molar-refractivity contribution in [3.05, 3.63) is 24.3 Å². The normalized spacial score (nSPS) is 24.6. The van der Waals surface area contributed by atoms with Crippen LogP contribution in [0.4, 0.5) is 5.69 Å². The van der Waals surface area contributed by atoms with Crippen LogP contribution >= 0.6 is 11.8 Å². The van der Waals surface area contributed by atoms with Crippen LogP contribution in [0, 0.1) is 0 Å². The van der Waals surface area contributed by atoms with Gasteiger partial charge in [0.05, 0.1) is 9.77 Å². The Kier molecular flexibility index (Phi) is 5.19. The molecule has 27 heavy (non-hydrogen) atoms. The van der Waals surface area contributed by atoms with Crippen LogP contribution in [0.2, 0.25) is 0 Å². The number of esters is 1. The number of nitrogens with one attached hydrogen (secondary N) is 1. The molecule has 0 aliphatic carbocycles. The molecule has 2 saturated heterocycles. The third-order valence-corrected chi connectivity index (χ3v) is 6.96. The van der Waals surface area contributed by atoms with Crippen molar-refractivity contribution in [3.63, 3.8) is 0 Å². The highest BCUT2D eigenvalue weighted by Crippen LogP contribution is 2.47. The highest BCUT2D eigenvalue weighted by molar-refractivity contribution is 8.01. The Morgan fingerprint density at radius 1 is 1.37 bits per heavy atom. The van der Waals surface area contributed by atoms with Gasteiger partial charge < -0.3 is 15.0 Å². The van der Waals surface area contributed by atoms with Crippen molar-refractivity contribution in [3.8, 4) is 0 Å².